The van der Waals surface area contributed by atoms with Crippen LogP contribution in [-0.4, -0.2) is 11.8 Å². The van der Waals surface area contributed by atoms with Gasteiger partial charge in [0, 0.05) is 13.8 Å². The summed E-state index contributed by atoms with van der Waals surface area (Å²) in [5.74, 6) is -1.13. The summed E-state index contributed by atoms with van der Waals surface area (Å²) in [6.45, 7) is 5.45. The van der Waals surface area contributed by atoms with Gasteiger partial charge in [0.05, 0.1) is 0 Å². The van der Waals surface area contributed by atoms with Crippen LogP contribution in [0.5, 0.6) is 0 Å². The first-order valence-electron chi connectivity index (χ1n) is 4.95. The molecule has 0 radical (unpaired) electrons. The van der Waals surface area contributed by atoms with Crippen molar-refractivity contribution in [3.8, 4) is 0 Å². The van der Waals surface area contributed by atoms with Crippen LogP contribution in [0.2, 0.25) is 0 Å². The summed E-state index contributed by atoms with van der Waals surface area (Å²) in [7, 11) is 0. The zero-order valence-corrected chi connectivity index (χ0v) is 9.11. The van der Waals surface area contributed by atoms with Crippen LogP contribution in [0.15, 0.2) is 24.3 Å². The first-order valence-corrected chi connectivity index (χ1v) is 4.95. The number of cyclic esters (lactones) is 1. The van der Waals surface area contributed by atoms with E-state index in [2.05, 4.69) is 0 Å². The lowest BCUT2D eigenvalue weighted by Gasteiger charge is -2.15. The van der Waals surface area contributed by atoms with E-state index in [4.69, 9.17) is 9.47 Å². The number of hydrogen-bond donors (Lipinski definition) is 0. The van der Waals surface area contributed by atoms with Crippen molar-refractivity contribution in [1.82, 2.24) is 0 Å². The fourth-order valence-corrected chi connectivity index (χ4v) is 1.69. The van der Waals surface area contributed by atoms with Gasteiger partial charge in [0.25, 0.3) is 0 Å². The fraction of sp³-hybridized carbons (Fsp3) is 0.417. The smallest absolute Gasteiger partial charge is 0.342 e. The highest BCUT2D eigenvalue weighted by molar-refractivity contribution is 5.78. The largest absolute Gasteiger partial charge is 0.431 e. The standard InChI is InChI=1S/C12H14O3/c1-8-5-4-6-9(7-8)10-11(13)15-12(2,3)14-10/h4-7,10H,1-3H3. The molecule has 0 N–H and O–H groups in total. The van der Waals surface area contributed by atoms with Gasteiger partial charge >= 0.3 is 5.97 Å². The van der Waals surface area contributed by atoms with Crippen molar-refractivity contribution in [3.63, 3.8) is 0 Å². The number of ether oxygens (including phenoxy) is 2. The Kier molecular flexibility index (Phi) is 2.27. The van der Waals surface area contributed by atoms with Crippen LogP contribution in [0.3, 0.4) is 0 Å². The van der Waals surface area contributed by atoms with Crippen LogP contribution >= 0.6 is 0 Å². The minimum Gasteiger partial charge on any atom is -0.431 e. The Labute approximate surface area is 89.0 Å². The number of hydrogen-bond acceptors (Lipinski definition) is 3. The molecule has 1 saturated heterocycles. The van der Waals surface area contributed by atoms with E-state index in [1.54, 1.807) is 13.8 Å². The highest BCUT2D eigenvalue weighted by Gasteiger charge is 2.41. The van der Waals surface area contributed by atoms with Crippen LogP contribution in [0, 0.1) is 6.92 Å². The molecule has 1 aliphatic heterocycles. The second-order valence-corrected chi connectivity index (χ2v) is 4.23. The van der Waals surface area contributed by atoms with Crippen LogP contribution in [-0.2, 0) is 14.3 Å². The average Bonchev–Trinajstić information content (AvgIpc) is 2.40. The number of aryl methyl sites for hydroxylation is 1. The minimum absolute atomic E-state index is 0.314. The number of rotatable bonds is 1. The molecular formula is C12H14O3. The SMILES string of the molecule is Cc1cccc(C2OC(C)(C)OC2=O)c1. The van der Waals surface area contributed by atoms with Gasteiger partial charge in [-0.3, -0.25) is 0 Å². The Balaban J connectivity index is 2.29. The van der Waals surface area contributed by atoms with E-state index in [0.29, 0.717) is 0 Å². The zero-order chi connectivity index (χ0) is 11.1. The fourth-order valence-electron chi connectivity index (χ4n) is 1.69. The molecule has 0 spiro atoms. The van der Waals surface area contributed by atoms with E-state index < -0.39 is 11.9 Å². The van der Waals surface area contributed by atoms with Gasteiger partial charge in [-0.1, -0.05) is 29.8 Å². The Morgan fingerprint density at radius 2 is 2.07 bits per heavy atom. The summed E-state index contributed by atoms with van der Waals surface area (Å²) in [6, 6.07) is 7.70. The minimum atomic E-state index is -0.814. The Morgan fingerprint density at radius 3 is 2.60 bits per heavy atom. The van der Waals surface area contributed by atoms with E-state index in [1.807, 2.05) is 31.2 Å². The molecule has 0 saturated carbocycles. The van der Waals surface area contributed by atoms with E-state index in [1.165, 1.54) is 0 Å². The number of benzene rings is 1. The Hall–Kier alpha value is -1.35. The molecule has 0 aromatic heterocycles. The molecule has 1 aromatic rings. The summed E-state index contributed by atoms with van der Waals surface area (Å²) in [6.07, 6.45) is -0.583. The van der Waals surface area contributed by atoms with Gasteiger partial charge in [-0.05, 0) is 12.5 Å². The third kappa shape index (κ3) is 2.02. The van der Waals surface area contributed by atoms with Crippen molar-refractivity contribution >= 4 is 5.97 Å². The van der Waals surface area contributed by atoms with Crippen molar-refractivity contribution in [2.45, 2.75) is 32.7 Å². The summed E-state index contributed by atoms with van der Waals surface area (Å²) >= 11 is 0. The third-order valence-electron chi connectivity index (χ3n) is 2.31. The van der Waals surface area contributed by atoms with Crippen LogP contribution < -0.4 is 0 Å². The summed E-state index contributed by atoms with van der Waals surface area (Å²) < 4.78 is 10.6. The van der Waals surface area contributed by atoms with Crippen molar-refractivity contribution < 1.29 is 14.3 Å². The summed E-state index contributed by atoms with van der Waals surface area (Å²) in [5.41, 5.74) is 1.96. The van der Waals surface area contributed by atoms with Crippen molar-refractivity contribution in [2.75, 3.05) is 0 Å². The molecule has 1 atom stereocenters. The van der Waals surface area contributed by atoms with Crippen LogP contribution in [0.4, 0.5) is 0 Å². The molecule has 3 heteroatoms. The predicted octanol–water partition coefficient (Wildman–Crippen LogP) is 2.35. The highest BCUT2D eigenvalue weighted by Crippen LogP contribution is 2.34. The molecule has 1 heterocycles. The molecule has 1 aromatic carbocycles. The van der Waals surface area contributed by atoms with Crippen LogP contribution in [0.25, 0.3) is 0 Å². The Bertz CT molecular complexity index is 396. The molecular weight excluding hydrogens is 192 g/mol. The van der Waals surface area contributed by atoms with Crippen molar-refractivity contribution in [1.29, 1.82) is 0 Å². The van der Waals surface area contributed by atoms with Gasteiger partial charge in [-0.2, -0.15) is 0 Å². The molecule has 1 aliphatic rings. The monoisotopic (exact) mass is 206 g/mol. The van der Waals surface area contributed by atoms with Crippen LogP contribution in [0.1, 0.15) is 31.1 Å². The van der Waals surface area contributed by atoms with Gasteiger partial charge in [0.2, 0.25) is 5.79 Å². The lowest BCUT2D eigenvalue weighted by atomic mass is 10.1. The van der Waals surface area contributed by atoms with Gasteiger partial charge < -0.3 is 9.47 Å². The van der Waals surface area contributed by atoms with E-state index in [-0.39, 0.29) is 5.97 Å². The summed E-state index contributed by atoms with van der Waals surface area (Å²) in [4.78, 5) is 11.6. The molecule has 80 valence electrons. The maximum Gasteiger partial charge on any atom is 0.342 e. The number of carbonyl (C=O) groups excluding carboxylic acids is 1. The zero-order valence-electron chi connectivity index (χ0n) is 9.11. The lowest BCUT2D eigenvalue weighted by molar-refractivity contribution is -0.160. The van der Waals surface area contributed by atoms with Crippen molar-refractivity contribution in [3.05, 3.63) is 35.4 Å². The predicted molar refractivity (Wildman–Crippen MR) is 55.2 cm³/mol. The maximum atomic E-state index is 11.6. The molecule has 0 bridgehead atoms. The first-order chi connectivity index (χ1) is 6.98. The van der Waals surface area contributed by atoms with Gasteiger partial charge in [-0.25, -0.2) is 4.79 Å². The summed E-state index contributed by atoms with van der Waals surface area (Å²) in [5, 5.41) is 0. The van der Waals surface area contributed by atoms with Gasteiger partial charge in [0.15, 0.2) is 6.10 Å². The molecule has 2 rings (SSSR count). The quantitative estimate of drug-likeness (QED) is 0.661. The number of esters is 1. The molecule has 0 amide bonds. The molecule has 1 unspecified atom stereocenters. The highest BCUT2D eigenvalue weighted by atomic mass is 16.8. The number of carbonyl (C=O) groups is 1. The first kappa shape index (κ1) is 10.2. The topological polar surface area (TPSA) is 35.5 Å². The molecule has 15 heavy (non-hydrogen) atoms. The molecule has 1 fully saturated rings. The molecule has 0 aliphatic carbocycles. The Morgan fingerprint density at radius 1 is 1.33 bits per heavy atom. The van der Waals surface area contributed by atoms with Gasteiger partial charge in [-0.15, -0.1) is 0 Å². The van der Waals surface area contributed by atoms with E-state index in [0.717, 1.165) is 11.1 Å². The lowest BCUT2D eigenvalue weighted by Crippen LogP contribution is -2.20. The second-order valence-electron chi connectivity index (χ2n) is 4.23. The second kappa shape index (κ2) is 3.35. The van der Waals surface area contributed by atoms with E-state index in [9.17, 15) is 4.79 Å². The third-order valence-corrected chi connectivity index (χ3v) is 2.31. The van der Waals surface area contributed by atoms with Gasteiger partial charge in [0.1, 0.15) is 0 Å². The van der Waals surface area contributed by atoms with Crippen molar-refractivity contribution in [2.24, 2.45) is 0 Å². The maximum absolute atomic E-state index is 11.6. The normalized spacial score (nSPS) is 23.9. The van der Waals surface area contributed by atoms with E-state index >= 15 is 0 Å². The molecule has 3 nitrogen and oxygen atoms in total. The average molecular weight is 206 g/mol.